The number of amidine groups is 1. The van der Waals surface area contributed by atoms with Crippen LogP contribution < -0.4 is 5.73 Å². The monoisotopic (exact) mass is 291 g/mol. The van der Waals surface area contributed by atoms with Gasteiger partial charge in [0.05, 0.1) is 0 Å². The van der Waals surface area contributed by atoms with Crippen LogP contribution >= 0.6 is 0 Å². The fraction of sp³-hybridized carbons (Fsp3) is 0.500. The van der Waals surface area contributed by atoms with Gasteiger partial charge in [0, 0.05) is 13.6 Å². The van der Waals surface area contributed by atoms with Crippen LogP contribution in [0.1, 0.15) is 32.3 Å². The van der Waals surface area contributed by atoms with E-state index in [0.717, 1.165) is 6.42 Å². The highest BCUT2D eigenvalue weighted by Crippen LogP contribution is 2.29. The van der Waals surface area contributed by atoms with Gasteiger partial charge in [-0.25, -0.2) is 0 Å². The van der Waals surface area contributed by atoms with E-state index < -0.39 is 5.41 Å². The van der Waals surface area contributed by atoms with Gasteiger partial charge in [0.1, 0.15) is 5.41 Å². The van der Waals surface area contributed by atoms with Crippen molar-refractivity contribution in [2.45, 2.75) is 33.1 Å². The Labute approximate surface area is 126 Å². The minimum atomic E-state index is -0.916. The van der Waals surface area contributed by atoms with E-state index in [0.29, 0.717) is 19.4 Å². The van der Waals surface area contributed by atoms with Crippen molar-refractivity contribution in [2.75, 3.05) is 13.6 Å². The number of hydrogen-bond donors (Lipinski definition) is 2. The highest BCUT2D eigenvalue weighted by molar-refractivity contribution is 6.06. The summed E-state index contributed by atoms with van der Waals surface area (Å²) in [5.41, 5.74) is 6.04. The number of nitrogens with two attached hydrogens (primary N) is 1. The third kappa shape index (κ3) is 3.74. The quantitative estimate of drug-likeness (QED) is 0.350. The first-order chi connectivity index (χ1) is 10.0. The van der Waals surface area contributed by atoms with Crippen LogP contribution in [0.25, 0.3) is 0 Å². The highest BCUT2D eigenvalue weighted by atomic mass is 16.4. The highest BCUT2D eigenvalue weighted by Gasteiger charge is 2.41. The molecule has 21 heavy (non-hydrogen) atoms. The summed E-state index contributed by atoms with van der Waals surface area (Å²) in [6, 6.07) is 10.0. The van der Waals surface area contributed by atoms with Gasteiger partial charge >= 0.3 is 0 Å². The molecule has 1 aromatic rings. The lowest BCUT2D eigenvalue weighted by atomic mass is 9.79. The van der Waals surface area contributed by atoms with Crippen molar-refractivity contribution >= 4 is 11.7 Å². The summed E-state index contributed by atoms with van der Waals surface area (Å²) >= 11 is 0. The molecule has 0 aliphatic heterocycles. The molecule has 0 bridgehead atoms. The lowest BCUT2D eigenvalue weighted by Crippen LogP contribution is -2.50. The molecule has 3 N–H and O–H groups in total. The standard InChI is InChI=1S/C16H25N3O2/c1-4-16(5-2,14(17)18-21)15(20)19(3)12-11-13-9-7-6-8-10-13/h6-10,21H,4-5,11-12H2,1-3H3,(H2,17,18). The maximum absolute atomic E-state index is 12.7. The van der Waals surface area contributed by atoms with Gasteiger partial charge in [0.25, 0.3) is 0 Å². The first-order valence-electron chi connectivity index (χ1n) is 7.29. The first-order valence-corrected chi connectivity index (χ1v) is 7.29. The smallest absolute Gasteiger partial charge is 0.236 e. The molecule has 0 aliphatic rings. The van der Waals surface area contributed by atoms with E-state index in [4.69, 9.17) is 10.9 Å². The van der Waals surface area contributed by atoms with E-state index in [-0.39, 0.29) is 11.7 Å². The molecular formula is C16H25N3O2. The Bertz CT molecular complexity index is 482. The molecule has 5 heteroatoms. The van der Waals surface area contributed by atoms with Crippen LogP contribution in [0.5, 0.6) is 0 Å². The third-order valence-corrected chi connectivity index (χ3v) is 4.14. The molecule has 0 fully saturated rings. The van der Waals surface area contributed by atoms with E-state index in [1.807, 2.05) is 44.2 Å². The zero-order valence-corrected chi connectivity index (χ0v) is 13.0. The molecule has 0 spiro atoms. The average Bonchev–Trinajstić information content (AvgIpc) is 2.54. The van der Waals surface area contributed by atoms with Gasteiger partial charge in [-0.3, -0.25) is 4.79 Å². The lowest BCUT2D eigenvalue weighted by molar-refractivity contribution is -0.137. The van der Waals surface area contributed by atoms with Gasteiger partial charge in [-0.1, -0.05) is 49.3 Å². The van der Waals surface area contributed by atoms with Crippen LogP contribution in [0.3, 0.4) is 0 Å². The summed E-state index contributed by atoms with van der Waals surface area (Å²) in [6.07, 6.45) is 1.80. The molecule has 5 nitrogen and oxygen atoms in total. The Morgan fingerprint density at radius 1 is 1.29 bits per heavy atom. The number of benzene rings is 1. The number of nitrogens with zero attached hydrogens (tertiary/aromatic N) is 2. The van der Waals surface area contributed by atoms with Crippen molar-refractivity contribution in [3.05, 3.63) is 35.9 Å². The summed E-state index contributed by atoms with van der Waals surface area (Å²) in [6.45, 7) is 4.36. The summed E-state index contributed by atoms with van der Waals surface area (Å²) in [5, 5.41) is 12.0. The SMILES string of the molecule is CCC(CC)(C(=O)N(C)CCc1ccccc1)C(N)=NO. The topological polar surface area (TPSA) is 78.9 Å². The fourth-order valence-electron chi connectivity index (χ4n) is 2.53. The summed E-state index contributed by atoms with van der Waals surface area (Å²) in [5.74, 6) is -0.109. The Morgan fingerprint density at radius 2 is 1.86 bits per heavy atom. The van der Waals surface area contributed by atoms with Crippen molar-refractivity contribution in [1.82, 2.24) is 4.90 Å². The van der Waals surface area contributed by atoms with Crippen molar-refractivity contribution in [3.63, 3.8) is 0 Å². The molecule has 0 atom stereocenters. The molecule has 0 radical (unpaired) electrons. The number of hydrogen-bond acceptors (Lipinski definition) is 3. The van der Waals surface area contributed by atoms with E-state index in [1.165, 1.54) is 5.56 Å². The molecule has 1 amide bonds. The predicted octanol–water partition coefficient (Wildman–Crippen LogP) is 2.24. The van der Waals surface area contributed by atoms with Gasteiger partial charge in [-0.2, -0.15) is 0 Å². The van der Waals surface area contributed by atoms with Crippen LogP contribution in [0.4, 0.5) is 0 Å². The van der Waals surface area contributed by atoms with Crippen LogP contribution in [-0.2, 0) is 11.2 Å². The van der Waals surface area contributed by atoms with Crippen molar-refractivity contribution in [2.24, 2.45) is 16.3 Å². The van der Waals surface area contributed by atoms with E-state index in [2.05, 4.69) is 5.16 Å². The molecule has 0 saturated heterocycles. The van der Waals surface area contributed by atoms with E-state index in [1.54, 1.807) is 11.9 Å². The number of carbonyl (C=O) groups excluding carboxylic acids is 1. The average molecular weight is 291 g/mol. The molecule has 116 valence electrons. The van der Waals surface area contributed by atoms with Gasteiger partial charge < -0.3 is 15.8 Å². The van der Waals surface area contributed by atoms with Crippen molar-refractivity contribution in [3.8, 4) is 0 Å². The van der Waals surface area contributed by atoms with Gasteiger partial charge in [0.15, 0.2) is 5.84 Å². The molecule has 1 aromatic carbocycles. The van der Waals surface area contributed by atoms with Crippen LogP contribution in [-0.4, -0.2) is 35.4 Å². The Hall–Kier alpha value is -2.04. The minimum absolute atomic E-state index is 0.0101. The third-order valence-electron chi connectivity index (χ3n) is 4.14. The lowest BCUT2D eigenvalue weighted by Gasteiger charge is -2.33. The Morgan fingerprint density at radius 3 is 2.33 bits per heavy atom. The Balaban J connectivity index is 2.80. The second-order valence-electron chi connectivity index (χ2n) is 5.24. The summed E-state index contributed by atoms with van der Waals surface area (Å²) < 4.78 is 0. The van der Waals surface area contributed by atoms with Crippen molar-refractivity contribution < 1.29 is 10.0 Å². The van der Waals surface area contributed by atoms with Crippen LogP contribution in [0.15, 0.2) is 35.5 Å². The fourth-order valence-corrected chi connectivity index (χ4v) is 2.53. The molecule has 0 aromatic heterocycles. The maximum Gasteiger partial charge on any atom is 0.236 e. The molecule has 0 unspecified atom stereocenters. The molecular weight excluding hydrogens is 266 g/mol. The second-order valence-corrected chi connectivity index (χ2v) is 5.24. The number of rotatable bonds is 7. The van der Waals surface area contributed by atoms with Gasteiger partial charge in [-0.15, -0.1) is 0 Å². The minimum Gasteiger partial charge on any atom is -0.409 e. The van der Waals surface area contributed by atoms with E-state index in [9.17, 15) is 4.79 Å². The number of carbonyl (C=O) groups is 1. The van der Waals surface area contributed by atoms with Crippen LogP contribution in [0.2, 0.25) is 0 Å². The summed E-state index contributed by atoms with van der Waals surface area (Å²) in [4.78, 5) is 14.4. The summed E-state index contributed by atoms with van der Waals surface area (Å²) in [7, 11) is 1.76. The maximum atomic E-state index is 12.7. The number of likely N-dealkylation sites (N-methyl/N-ethyl adjacent to an activating group) is 1. The zero-order valence-electron chi connectivity index (χ0n) is 13.0. The molecule has 0 aliphatic carbocycles. The largest absolute Gasteiger partial charge is 0.409 e. The molecule has 0 saturated carbocycles. The molecule has 0 heterocycles. The molecule has 1 rings (SSSR count). The number of oxime groups is 1. The normalized spacial score (nSPS) is 12.2. The predicted molar refractivity (Wildman–Crippen MR) is 84.2 cm³/mol. The first kappa shape index (κ1) is 17.0. The second kappa shape index (κ2) is 7.67. The van der Waals surface area contributed by atoms with E-state index >= 15 is 0 Å². The van der Waals surface area contributed by atoms with Gasteiger partial charge in [0.2, 0.25) is 5.91 Å². The Kier molecular flexibility index (Phi) is 6.21. The van der Waals surface area contributed by atoms with Crippen LogP contribution in [0, 0.1) is 5.41 Å². The van der Waals surface area contributed by atoms with Crippen molar-refractivity contribution in [1.29, 1.82) is 0 Å². The number of amides is 1. The van der Waals surface area contributed by atoms with Gasteiger partial charge in [-0.05, 0) is 24.8 Å². The zero-order chi connectivity index (χ0) is 15.9.